The van der Waals surface area contributed by atoms with E-state index in [2.05, 4.69) is 10.0 Å². The molecule has 3 aromatic carbocycles. The molecule has 0 saturated carbocycles. The highest BCUT2D eigenvalue weighted by Gasteiger charge is 2.30. The van der Waals surface area contributed by atoms with E-state index in [0.29, 0.717) is 24.7 Å². The van der Waals surface area contributed by atoms with Crippen LogP contribution in [0.15, 0.2) is 71.6 Å². The second-order valence-corrected chi connectivity index (χ2v) is 11.7. The van der Waals surface area contributed by atoms with E-state index in [1.54, 1.807) is 6.07 Å². The van der Waals surface area contributed by atoms with Crippen LogP contribution in [-0.2, 0) is 24.8 Å². The van der Waals surface area contributed by atoms with E-state index in [1.807, 2.05) is 0 Å². The maximum Gasteiger partial charge on any atom is 0.261 e. The van der Waals surface area contributed by atoms with Gasteiger partial charge in [-0.05, 0) is 67.6 Å². The van der Waals surface area contributed by atoms with Crippen molar-refractivity contribution in [1.29, 1.82) is 0 Å². The third kappa shape index (κ3) is 6.12. The van der Waals surface area contributed by atoms with Gasteiger partial charge < -0.3 is 14.8 Å². The number of sulfonamides is 2. The monoisotopic (exact) mass is 549 g/mol. The lowest BCUT2D eigenvalue weighted by molar-refractivity contribution is -0.116. The lowest BCUT2D eigenvalue weighted by Crippen LogP contribution is -2.45. The molecule has 1 aliphatic heterocycles. The average Bonchev–Trinajstić information content (AvgIpc) is 2.85. The standard InChI is InChI=1S/C24H24FN3O7S2/c1-16(28(36(2,30)31)20-9-12-22-23(15-20)35-14-13-34-22)24(29)26-18-7-10-21(11-8-18)37(32,33)27-19-5-3-17(25)4-6-19/h3-12,15-16,27H,13-14H2,1-2H3,(H,26,29)/t16-/m1/s1. The summed E-state index contributed by atoms with van der Waals surface area (Å²) in [6, 6.07) is 13.6. The Balaban J connectivity index is 1.49. The minimum Gasteiger partial charge on any atom is -0.486 e. The van der Waals surface area contributed by atoms with Gasteiger partial charge in [0.2, 0.25) is 15.9 Å². The molecule has 3 aromatic rings. The van der Waals surface area contributed by atoms with Gasteiger partial charge in [-0.1, -0.05) is 0 Å². The molecule has 0 saturated heterocycles. The van der Waals surface area contributed by atoms with Crippen molar-refractivity contribution >= 4 is 43.0 Å². The fourth-order valence-electron chi connectivity index (χ4n) is 3.67. The molecule has 1 amide bonds. The number of halogens is 1. The Labute approximate surface area is 214 Å². The Morgan fingerprint density at radius 1 is 0.892 bits per heavy atom. The van der Waals surface area contributed by atoms with Crippen LogP contribution >= 0.6 is 0 Å². The van der Waals surface area contributed by atoms with Crippen molar-refractivity contribution in [3.8, 4) is 11.5 Å². The summed E-state index contributed by atoms with van der Waals surface area (Å²) < 4.78 is 77.8. The van der Waals surface area contributed by atoms with Crippen molar-refractivity contribution in [3.63, 3.8) is 0 Å². The van der Waals surface area contributed by atoms with Crippen LogP contribution < -0.4 is 23.8 Å². The van der Waals surface area contributed by atoms with E-state index in [9.17, 15) is 26.0 Å². The molecule has 0 aromatic heterocycles. The highest BCUT2D eigenvalue weighted by atomic mass is 32.2. The Morgan fingerprint density at radius 3 is 2.11 bits per heavy atom. The normalized spacial score (nSPS) is 13.9. The minimum atomic E-state index is -3.96. The summed E-state index contributed by atoms with van der Waals surface area (Å²) in [5, 5.41) is 2.60. The molecule has 196 valence electrons. The Kier molecular flexibility index (Phi) is 7.28. The van der Waals surface area contributed by atoms with Gasteiger partial charge in [0.05, 0.1) is 16.8 Å². The van der Waals surface area contributed by atoms with E-state index in [-0.39, 0.29) is 22.0 Å². The van der Waals surface area contributed by atoms with Crippen molar-refractivity contribution in [2.24, 2.45) is 0 Å². The quantitative estimate of drug-likeness (QED) is 0.441. The number of hydrogen-bond acceptors (Lipinski definition) is 7. The lowest BCUT2D eigenvalue weighted by Gasteiger charge is -2.29. The largest absolute Gasteiger partial charge is 0.486 e. The molecule has 1 aliphatic rings. The molecule has 10 nitrogen and oxygen atoms in total. The van der Waals surface area contributed by atoms with Gasteiger partial charge in [0.25, 0.3) is 10.0 Å². The SMILES string of the molecule is C[C@H](C(=O)Nc1ccc(S(=O)(=O)Nc2ccc(F)cc2)cc1)N(c1ccc2c(c1)OCCO2)S(C)(=O)=O. The van der Waals surface area contributed by atoms with Crippen molar-refractivity contribution in [3.05, 3.63) is 72.5 Å². The van der Waals surface area contributed by atoms with E-state index < -0.39 is 37.8 Å². The fraction of sp³-hybridized carbons (Fsp3) is 0.208. The zero-order valence-electron chi connectivity index (χ0n) is 19.8. The summed E-state index contributed by atoms with van der Waals surface area (Å²) >= 11 is 0. The van der Waals surface area contributed by atoms with Crippen LogP contribution in [0.1, 0.15) is 6.92 Å². The van der Waals surface area contributed by atoms with Gasteiger partial charge in [0, 0.05) is 17.4 Å². The van der Waals surface area contributed by atoms with Crippen LogP contribution in [0.25, 0.3) is 0 Å². The zero-order valence-corrected chi connectivity index (χ0v) is 21.5. The van der Waals surface area contributed by atoms with E-state index in [4.69, 9.17) is 9.47 Å². The Bertz CT molecular complexity index is 1510. The highest BCUT2D eigenvalue weighted by Crippen LogP contribution is 2.35. The first-order valence-corrected chi connectivity index (χ1v) is 14.4. The van der Waals surface area contributed by atoms with E-state index in [0.717, 1.165) is 22.7 Å². The van der Waals surface area contributed by atoms with Gasteiger partial charge in [0.1, 0.15) is 25.1 Å². The molecule has 0 fully saturated rings. The zero-order chi connectivity index (χ0) is 26.8. The predicted octanol–water partition coefficient (Wildman–Crippen LogP) is 3.19. The number of amides is 1. The number of hydrogen-bond donors (Lipinski definition) is 2. The molecule has 13 heteroatoms. The predicted molar refractivity (Wildman–Crippen MR) is 136 cm³/mol. The maximum absolute atomic E-state index is 13.1. The van der Waals surface area contributed by atoms with Crippen LogP contribution in [-0.4, -0.2) is 48.3 Å². The van der Waals surface area contributed by atoms with E-state index >= 15 is 0 Å². The number of fused-ring (bicyclic) bond motifs is 1. The smallest absolute Gasteiger partial charge is 0.261 e. The molecule has 1 atom stereocenters. The van der Waals surface area contributed by atoms with Crippen molar-refractivity contribution in [2.45, 2.75) is 17.9 Å². The molecule has 0 unspecified atom stereocenters. The molecule has 0 bridgehead atoms. The number of nitrogens with one attached hydrogen (secondary N) is 2. The molecular weight excluding hydrogens is 525 g/mol. The highest BCUT2D eigenvalue weighted by molar-refractivity contribution is 7.92. The number of ether oxygens (including phenoxy) is 2. The number of carbonyl (C=O) groups excluding carboxylic acids is 1. The lowest BCUT2D eigenvalue weighted by atomic mass is 10.2. The summed E-state index contributed by atoms with van der Waals surface area (Å²) in [5.41, 5.74) is 0.670. The van der Waals surface area contributed by atoms with Gasteiger partial charge in [0.15, 0.2) is 11.5 Å². The summed E-state index contributed by atoms with van der Waals surface area (Å²) in [4.78, 5) is 12.9. The summed E-state index contributed by atoms with van der Waals surface area (Å²) in [6.07, 6.45) is 0.987. The van der Waals surface area contributed by atoms with Crippen molar-refractivity contribution in [1.82, 2.24) is 0 Å². The molecule has 1 heterocycles. The first kappa shape index (κ1) is 26.2. The molecule has 37 heavy (non-hydrogen) atoms. The average molecular weight is 550 g/mol. The van der Waals surface area contributed by atoms with E-state index in [1.165, 1.54) is 55.5 Å². The first-order valence-electron chi connectivity index (χ1n) is 11.0. The molecule has 0 aliphatic carbocycles. The number of rotatable bonds is 8. The summed E-state index contributed by atoms with van der Waals surface area (Å²) in [7, 11) is -7.83. The fourth-order valence-corrected chi connectivity index (χ4v) is 5.90. The second kappa shape index (κ2) is 10.3. The number of nitrogens with zero attached hydrogens (tertiary/aromatic N) is 1. The van der Waals surface area contributed by atoms with Gasteiger partial charge in [-0.25, -0.2) is 21.2 Å². The topological polar surface area (TPSA) is 131 Å². The Morgan fingerprint density at radius 2 is 1.49 bits per heavy atom. The van der Waals surface area contributed by atoms with Crippen molar-refractivity contribution in [2.75, 3.05) is 33.8 Å². The number of carbonyl (C=O) groups is 1. The first-order chi connectivity index (χ1) is 17.4. The van der Waals surface area contributed by atoms with Crippen LogP contribution in [0, 0.1) is 5.82 Å². The summed E-state index contributed by atoms with van der Waals surface area (Å²) in [5.74, 6) is -0.290. The van der Waals surface area contributed by atoms with Crippen LogP contribution in [0.5, 0.6) is 11.5 Å². The molecule has 0 spiro atoms. The minimum absolute atomic E-state index is 0.0862. The van der Waals surface area contributed by atoms with Gasteiger partial charge >= 0.3 is 0 Å². The third-order valence-electron chi connectivity index (χ3n) is 5.40. The van der Waals surface area contributed by atoms with Crippen LogP contribution in [0.4, 0.5) is 21.5 Å². The molecule has 0 radical (unpaired) electrons. The van der Waals surface area contributed by atoms with Gasteiger partial charge in [-0.15, -0.1) is 0 Å². The van der Waals surface area contributed by atoms with Crippen LogP contribution in [0.3, 0.4) is 0 Å². The maximum atomic E-state index is 13.1. The number of anilines is 3. The summed E-state index contributed by atoms with van der Waals surface area (Å²) in [6.45, 7) is 2.12. The second-order valence-electron chi connectivity index (χ2n) is 8.19. The molecule has 2 N–H and O–H groups in total. The molecular formula is C24H24FN3O7S2. The Hall–Kier alpha value is -3.84. The molecule has 4 rings (SSSR count). The van der Waals surface area contributed by atoms with Gasteiger partial charge in [-0.3, -0.25) is 13.8 Å². The van der Waals surface area contributed by atoms with Gasteiger partial charge in [-0.2, -0.15) is 0 Å². The van der Waals surface area contributed by atoms with Crippen molar-refractivity contribution < 1.29 is 35.5 Å². The third-order valence-corrected chi connectivity index (χ3v) is 8.04. The van der Waals surface area contributed by atoms with Crippen LogP contribution in [0.2, 0.25) is 0 Å². The number of benzene rings is 3.